The van der Waals surface area contributed by atoms with Gasteiger partial charge in [0.1, 0.15) is 67.3 Å². The second-order valence-electron chi connectivity index (χ2n) is 11.2. The number of benzene rings is 2. The lowest BCUT2D eigenvalue weighted by atomic mass is 9.83. The molecule has 0 unspecified atom stereocenters. The molecule has 5 rings (SSSR count). The van der Waals surface area contributed by atoms with Gasteiger partial charge in [-0.05, 0) is 61.4 Å². The van der Waals surface area contributed by atoms with Crippen LogP contribution in [0.25, 0.3) is 6.08 Å². The van der Waals surface area contributed by atoms with Gasteiger partial charge in [0.2, 0.25) is 12.2 Å². The minimum Gasteiger partial charge on any atom is -0.488 e. The Bertz CT molecular complexity index is 1460. The molecule has 1 aliphatic carbocycles. The van der Waals surface area contributed by atoms with Crippen LogP contribution in [0.1, 0.15) is 25.8 Å². The van der Waals surface area contributed by atoms with Crippen LogP contribution in [0.3, 0.4) is 0 Å². The number of aliphatic hydroxyl groups excluding tert-OH is 4. The van der Waals surface area contributed by atoms with Crippen LogP contribution >= 0.6 is 11.6 Å². The molecule has 2 heterocycles. The zero-order chi connectivity index (χ0) is 32.4. The van der Waals surface area contributed by atoms with E-state index in [1.807, 2.05) is 0 Å². The van der Waals surface area contributed by atoms with Crippen LogP contribution in [-0.4, -0.2) is 94.8 Å². The molecule has 1 saturated carbocycles. The Hall–Kier alpha value is -3.27. The largest absolute Gasteiger partial charge is 0.488 e. The fourth-order valence-corrected chi connectivity index (χ4v) is 5.70. The molecule has 0 bridgehead atoms. The van der Waals surface area contributed by atoms with E-state index in [0.717, 1.165) is 0 Å². The number of nitrogens with two attached hydrogens (primary N) is 1. The van der Waals surface area contributed by atoms with Crippen LogP contribution in [0.2, 0.25) is 5.02 Å². The smallest absolute Gasteiger partial charge is 0.247 e. The van der Waals surface area contributed by atoms with Gasteiger partial charge in [-0.15, -0.1) is 0 Å². The maximum Gasteiger partial charge on any atom is 0.247 e. The number of hydrogen-bond acceptors (Lipinski definition) is 11. The first-order valence-electron chi connectivity index (χ1n) is 14.3. The van der Waals surface area contributed by atoms with Crippen molar-refractivity contribution in [2.75, 3.05) is 19.1 Å². The molecule has 14 heteroatoms. The molecular formula is C31H36ClFN2O10. The molecule has 244 valence electrons. The van der Waals surface area contributed by atoms with E-state index in [1.165, 1.54) is 18.2 Å². The van der Waals surface area contributed by atoms with Crippen molar-refractivity contribution in [1.82, 2.24) is 5.32 Å². The monoisotopic (exact) mass is 650 g/mol. The summed E-state index contributed by atoms with van der Waals surface area (Å²) in [5.41, 5.74) is 7.99. The zero-order valence-electron chi connectivity index (χ0n) is 24.5. The molecule has 0 radical (unpaired) electrons. The molecule has 0 spiro atoms. The molecule has 2 aliphatic heterocycles. The van der Waals surface area contributed by atoms with E-state index in [0.29, 0.717) is 16.9 Å². The highest BCUT2D eigenvalue weighted by atomic mass is 35.5. The quantitative estimate of drug-likeness (QED) is 0.132. The van der Waals surface area contributed by atoms with Crippen LogP contribution in [0, 0.1) is 5.82 Å². The van der Waals surface area contributed by atoms with Crippen LogP contribution in [-0.2, 0) is 19.0 Å². The summed E-state index contributed by atoms with van der Waals surface area (Å²) in [5.74, 6) is -0.531. The van der Waals surface area contributed by atoms with E-state index in [9.17, 15) is 29.6 Å². The van der Waals surface area contributed by atoms with Gasteiger partial charge in [0.15, 0.2) is 0 Å². The number of anilines is 1. The van der Waals surface area contributed by atoms with Crippen LogP contribution < -0.4 is 20.5 Å². The Morgan fingerprint density at radius 2 is 1.80 bits per heavy atom. The number of rotatable bonds is 9. The molecule has 2 saturated heterocycles. The van der Waals surface area contributed by atoms with Gasteiger partial charge in [0.05, 0.1) is 22.9 Å². The van der Waals surface area contributed by atoms with Gasteiger partial charge in [-0.1, -0.05) is 17.7 Å². The molecule has 9 atom stereocenters. The average molecular weight is 651 g/mol. The summed E-state index contributed by atoms with van der Waals surface area (Å²) in [7, 11) is 0. The minimum absolute atomic E-state index is 0.0839. The van der Waals surface area contributed by atoms with Crippen LogP contribution in [0.5, 0.6) is 11.5 Å². The number of fused-ring (bicyclic) bond motifs is 1. The summed E-state index contributed by atoms with van der Waals surface area (Å²) in [6.07, 6.45) is -4.73. The summed E-state index contributed by atoms with van der Waals surface area (Å²) in [6.45, 7) is 3.27. The summed E-state index contributed by atoms with van der Waals surface area (Å²) in [4.78, 5) is 12.9. The third-order valence-corrected chi connectivity index (χ3v) is 8.32. The van der Waals surface area contributed by atoms with Crippen molar-refractivity contribution in [1.29, 1.82) is 0 Å². The fourth-order valence-electron chi connectivity index (χ4n) is 5.53. The van der Waals surface area contributed by atoms with Gasteiger partial charge in [-0.2, -0.15) is 0 Å². The van der Waals surface area contributed by atoms with Crippen LogP contribution in [0.15, 0.2) is 53.6 Å². The molecule has 45 heavy (non-hydrogen) atoms. The Labute approximate surface area is 263 Å². The van der Waals surface area contributed by atoms with Crippen molar-refractivity contribution in [3.05, 3.63) is 70.0 Å². The second kappa shape index (κ2) is 14.0. The molecule has 0 aromatic heterocycles. The summed E-state index contributed by atoms with van der Waals surface area (Å²) >= 11 is 6.03. The van der Waals surface area contributed by atoms with Crippen molar-refractivity contribution in [3.8, 4) is 11.5 Å². The van der Waals surface area contributed by atoms with E-state index < -0.39 is 66.8 Å². The number of aliphatic hydroxyl groups is 4. The molecule has 2 aromatic rings. The van der Waals surface area contributed by atoms with Crippen molar-refractivity contribution in [2.45, 2.75) is 75.3 Å². The SMILES string of the molecule is CC(=Cc1ccc(O[C@H]2C[C@H](O)[C@@H](C(C)=CCOc3cc(F)ccc3Cl)O2)c(N)c1)C(=O)N[C@@H]1[C@H](O)[C@@H](O)[C@H]2OCO[C@H]2[C@@H]1O. The Balaban J connectivity index is 1.16. The maximum atomic E-state index is 13.5. The van der Waals surface area contributed by atoms with Crippen molar-refractivity contribution in [2.24, 2.45) is 0 Å². The Morgan fingerprint density at radius 3 is 2.53 bits per heavy atom. The number of halogens is 2. The maximum absolute atomic E-state index is 13.5. The van der Waals surface area contributed by atoms with E-state index in [2.05, 4.69) is 5.32 Å². The molecule has 12 nitrogen and oxygen atoms in total. The number of nitrogens with one attached hydrogen (secondary N) is 1. The van der Waals surface area contributed by atoms with Gasteiger partial charge in [0, 0.05) is 18.1 Å². The Kier molecular flexibility index (Phi) is 10.3. The van der Waals surface area contributed by atoms with E-state index in [4.69, 9.17) is 41.0 Å². The van der Waals surface area contributed by atoms with Gasteiger partial charge in [0.25, 0.3) is 0 Å². The van der Waals surface area contributed by atoms with Crippen molar-refractivity contribution in [3.63, 3.8) is 0 Å². The predicted octanol–water partition coefficient (Wildman–Crippen LogP) is 1.67. The average Bonchev–Trinajstić information content (AvgIpc) is 3.64. The van der Waals surface area contributed by atoms with Gasteiger partial charge in [-0.25, -0.2) is 4.39 Å². The summed E-state index contributed by atoms with van der Waals surface area (Å²) in [6, 6.07) is 7.52. The lowest BCUT2D eigenvalue weighted by molar-refractivity contribution is -0.155. The van der Waals surface area contributed by atoms with E-state index in [1.54, 1.807) is 44.2 Å². The van der Waals surface area contributed by atoms with E-state index in [-0.39, 0.29) is 41.9 Å². The van der Waals surface area contributed by atoms with Gasteiger partial charge >= 0.3 is 0 Å². The normalized spacial score (nSPS) is 31.9. The number of carbonyl (C=O) groups excluding carboxylic acids is 1. The Morgan fingerprint density at radius 1 is 1.07 bits per heavy atom. The second-order valence-corrected chi connectivity index (χ2v) is 11.6. The van der Waals surface area contributed by atoms with Crippen molar-refractivity contribution < 1.29 is 53.3 Å². The highest BCUT2D eigenvalue weighted by Gasteiger charge is 2.53. The standard InChI is InChI=1S/C31H36ClFN2O10/c1-14(7-8-41-22-11-17(33)4-5-18(22)32)28-20(36)12-23(45-28)44-21-6-3-16(10-19(21)34)9-15(2)31(40)35-24-25(37)27(39)30-29(26(24)38)42-13-43-30/h3-7,9-11,20,23-30,36-39H,8,12-13,34H2,1-2H3,(H,35,40)/t20-,23+,24+,25-,26+,27+,28+,29-,30+/m0/s1. The fraction of sp³-hybridized carbons (Fsp3) is 0.452. The topological polar surface area (TPSA) is 182 Å². The van der Waals surface area contributed by atoms with Crippen molar-refractivity contribution >= 4 is 29.3 Å². The molecule has 3 fully saturated rings. The predicted molar refractivity (Wildman–Crippen MR) is 160 cm³/mol. The lowest BCUT2D eigenvalue weighted by Gasteiger charge is -2.41. The number of hydrogen-bond donors (Lipinski definition) is 6. The van der Waals surface area contributed by atoms with Gasteiger partial charge in [-0.3, -0.25) is 4.79 Å². The molecule has 7 N–H and O–H groups in total. The highest BCUT2D eigenvalue weighted by Crippen LogP contribution is 2.33. The molecule has 1 amide bonds. The number of amides is 1. The number of ether oxygens (including phenoxy) is 5. The third-order valence-electron chi connectivity index (χ3n) is 8.00. The third kappa shape index (κ3) is 7.42. The first-order chi connectivity index (χ1) is 21.4. The first kappa shape index (κ1) is 33.1. The summed E-state index contributed by atoms with van der Waals surface area (Å²) < 4.78 is 41.4. The zero-order valence-corrected chi connectivity index (χ0v) is 25.3. The summed E-state index contributed by atoms with van der Waals surface area (Å²) in [5, 5.41) is 44.8. The highest BCUT2D eigenvalue weighted by molar-refractivity contribution is 6.32. The molecular weight excluding hydrogens is 615 g/mol. The van der Waals surface area contributed by atoms with E-state index >= 15 is 0 Å². The van der Waals surface area contributed by atoms with Gasteiger partial charge < -0.3 is 55.2 Å². The molecule has 2 aromatic carbocycles. The minimum atomic E-state index is -1.46. The number of carbonyl (C=O) groups is 1. The number of nitrogen functional groups attached to an aromatic ring is 1. The lowest BCUT2D eigenvalue weighted by Crippen LogP contribution is -2.67. The molecule has 3 aliphatic rings. The van der Waals surface area contributed by atoms with Crippen LogP contribution in [0.4, 0.5) is 10.1 Å². The first-order valence-corrected chi connectivity index (χ1v) is 14.7.